The highest BCUT2D eigenvalue weighted by Crippen LogP contribution is 2.14. The number of ether oxygens (including phenoxy) is 1. The van der Waals surface area contributed by atoms with E-state index >= 15 is 0 Å². The summed E-state index contributed by atoms with van der Waals surface area (Å²) in [6.07, 6.45) is 0.601. The summed E-state index contributed by atoms with van der Waals surface area (Å²) in [6, 6.07) is 7.38. The minimum absolute atomic E-state index is 0.264. The Morgan fingerprint density at radius 2 is 2.07 bits per heavy atom. The third-order valence-electron chi connectivity index (χ3n) is 1.79. The molecule has 0 aliphatic carbocycles. The molecule has 0 amide bonds. The Morgan fingerprint density at radius 1 is 1.50 bits per heavy atom. The van der Waals surface area contributed by atoms with E-state index in [1.807, 2.05) is 12.1 Å². The summed E-state index contributed by atoms with van der Waals surface area (Å²) in [5, 5.41) is 0.693. The first-order chi connectivity index (χ1) is 6.63. The predicted octanol–water partition coefficient (Wildman–Crippen LogP) is 2.82. The second-order valence-corrected chi connectivity index (χ2v) is 4.36. The van der Waals surface area contributed by atoms with Crippen molar-refractivity contribution in [3.05, 3.63) is 34.9 Å². The van der Waals surface area contributed by atoms with Crippen LogP contribution in [0.1, 0.15) is 5.56 Å². The Morgan fingerprint density at radius 3 is 2.57 bits per heavy atom. The molecule has 1 rings (SSSR count). The molecule has 1 atom stereocenters. The Hall–Kier alpha value is -0.540. The van der Waals surface area contributed by atoms with Crippen LogP contribution in [0.25, 0.3) is 0 Å². The molecule has 0 radical (unpaired) electrons. The van der Waals surface area contributed by atoms with Gasteiger partial charge in [0.05, 0.1) is 7.11 Å². The number of methoxy groups -OCH3 is 1. The molecule has 0 spiro atoms. The van der Waals surface area contributed by atoms with Crippen LogP contribution >= 0.6 is 27.5 Å². The van der Waals surface area contributed by atoms with Crippen LogP contribution in [0.5, 0.6) is 0 Å². The van der Waals surface area contributed by atoms with Gasteiger partial charge in [0.2, 0.25) is 0 Å². The fourth-order valence-electron chi connectivity index (χ4n) is 1.04. The molecule has 2 nitrogen and oxygen atoms in total. The van der Waals surface area contributed by atoms with Crippen LogP contribution in [-0.2, 0) is 16.0 Å². The van der Waals surface area contributed by atoms with Crippen molar-refractivity contribution in [1.82, 2.24) is 0 Å². The number of benzene rings is 1. The number of alkyl halides is 1. The number of rotatable bonds is 3. The summed E-state index contributed by atoms with van der Waals surface area (Å²) in [4.78, 5) is 10.8. The normalized spacial score (nSPS) is 12.2. The quantitative estimate of drug-likeness (QED) is 0.627. The zero-order valence-corrected chi connectivity index (χ0v) is 10.0. The van der Waals surface area contributed by atoms with E-state index in [4.69, 9.17) is 11.6 Å². The van der Waals surface area contributed by atoms with Crippen molar-refractivity contribution in [2.75, 3.05) is 7.11 Å². The highest BCUT2D eigenvalue weighted by Gasteiger charge is 2.15. The molecule has 0 bridgehead atoms. The van der Waals surface area contributed by atoms with Crippen LogP contribution < -0.4 is 0 Å². The SMILES string of the molecule is COC(=O)[C@H](Br)Cc1ccc(Cl)cc1. The zero-order valence-electron chi connectivity index (χ0n) is 7.67. The third-order valence-corrected chi connectivity index (χ3v) is 2.73. The van der Waals surface area contributed by atoms with Crippen molar-refractivity contribution in [3.63, 3.8) is 0 Å². The molecule has 76 valence electrons. The minimum atomic E-state index is -0.298. The molecule has 4 heteroatoms. The Labute approximate surface area is 96.3 Å². The Kier molecular flexibility index (Phi) is 4.42. The van der Waals surface area contributed by atoms with Gasteiger partial charge in [-0.05, 0) is 24.1 Å². The highest BCUT2D eigenvalue weighted by atomic mass is 79.9. The Balaban J connectivity index is 2.60. The van der Waals surface area contributed by atoms with Crippen LogP contribution in [0.2, 0.25) is 5.02 Å². The standard InChI is InChI=1S/C10H10BrClO2/c1-14-10(13)9(11)6-7-2-4-8(12)5-3-7/h2-5,9H,6H2,1H3/t9-/m1/s1. The van der Waals surface area contributed by atoms with Crippen LogP contribution in [0, 0.1) is 0 Å². The molecular weight excluding hydrogens is 267 g/mol. The molecule has 0 N–H and O–H groups in total. The predicted molar refractivity (Wildman–Crippen MR) is 59.9 cm³/mol. The second-order valence-electron chi connectivity index (χ2n) is 2.82. The minimum Gasteiger partial charge on any atom is -0.468 e. The van der Waals surface area contributed by atoms with E-state index in [2.05, 4.69) is 20.7 Å². The lowest BCUT2D eigenvalue weighted by Crippen LogP contribution is -2.17. The maximum absolute atomic E-state index is 11.1. The van der Waals surface area contributed by atoms with E-state index in [9.17, 15) is 4.79 Å². The molecule has 0 aliphatic heterocycles. The Bertz CT molecular complexity index is 310. The molecule has 0 unspecified atom stereocenters. The van der Waals surface area contributed by atoms with Gasteiger partial charge in [-0.15, -0.1) is 0 Å². The molecule has 14 heavy (non-hydrogen) atoms. The number of hydrogen-bond acceptors (Lipinski definition) is 2. The van der Waals surface area contributed by atoms with Gasteiger partial charge in [0.25, 0.3) is 0 Å². The summed E-state index contributed by atoms with van der Waals surface area (Å²) >= 11 is 8.99. The third kappa shape index (κ3) is 3.31. The van der Waals surface area contributed by atoms with Crippen LogP contribution in [-0.4, -0.2) is 17.9 Å². The summed E-state index contributed by atoms with van der Waals surface area (Å²) in [5.74, 6) is -0.264. The van der Waals surface area contributed by atoms with E-state index in [0.29, 0.717) is 11.4 Å². The van der Waals surface area contributed by atoms with Crippen molar-refractivity contribution < 1.29 is 9.53 Å². The van der Waals surface area contributed by atoms with Crippen LogP contribution in [0.15, 0.2) is 24.3 Å². The number of halogens is 2. The molecule has 1 aromatic carbocycles. The first-order valence-corrected chi connectivity index (χ1v) is 5.39. The lowest BCUT2D eigenvalue weighted by molar-refractivity contribution is -0.139. The lowest BCUT2D eigenvalue weighted by atomic mass is 10.1. The van der Waals surface area contributed by atoms with Crippen molar-refractivity contribution in [3.8, 4) is 0 Å². The summed E-state index contributed by atoms with van der Waals surface area (Å²) in [6.45, 7) is 0. The average Bonchev–Trinajstić information content (AvgIpc) is 2.20. The van der Waals surface area contributed by atoms with Gasteiger partial charge in [-0.25, -0.2) is 0 Å². The summed E-state index contributed by atoms with van der Waals surface area (Å²) < 4.78 is 4.60. The summed E-state index contributed by atoms with van der Waals surface area (Å²) in [7, 11) is 1.37. The van der Waals surface area contributed by atoms with Gasteiger partial charge in [-0.3, -0.25) is 4.79 Å². The lowest BCUT2D eigenvalue weighted by Gasteiger charge is -2.07. The van der Waals surface area contributed by atoms with Crippen LogP contribution in [0.4, 0.5) is 0 Å². The molecule has 0 aromatic heterocycles. The molecule has 0 saturated carbocycles. The van der Waals surface area contributed by atoms with Gasteiger partial charge in [-0.2, -0.15) is 0 Å². The average molecular weight is 278 g/mol. The molecule has 0 aliphatic rings. The highest BCUT2D eigenvalue weighted by molar-refractivity contribution is 9.10. The number of carbonyl (C=O) groups is 1. The van der Waals surface area contributed by atoms with Crippen LogP contribution in [0.3, 0.4) is 0 Å². The molecule has 0 fully saturated rings. The van der Waals surface area contributed by atoms with Gasteiger partial charge < -0.3 is 4.74 Å². The van der Waals surface area contributed by atoms with E-state index < -0.39 is 0 Å². The maximum Gasteiger partial charge on any atom is 0.319 e. The topological polar surface area (TPSA) is 26.3 Å². The maximum atomic E-state index is 11.1. The number of hydrogen-bond donors (Lipinski definition) is 0. The van der Waals surface area contributed by atoms with E-state index in [0.717, 1.165) is 5.56 Å². The fourth-order valence-corrected chi connectivity index (χ4v) is 1.73. The second kappa shape index (κ2) is 5.37. The van der Waals surface area contributed by atoms with Crippen molar-refractivity contribution in [2.24, 2.45) is 0 Å². The zero-order chi connectivity index (χ0) is 10.6. The molecule has 0 saturated heterocycles. The summed E-state index contributed by atoms with van der Waals surface area (Å²) in [5.41, 5.74) is 1.04. The fraction of sp³-hybridized carbons (Fsp3) is 0.300. The molecule has 0 heterocycles. The van der Waals surface area contributed by atoms with Crippen molar-refractivity contribution >= 4 is 33.5 Å². The van der Waals surface area contributed by atoms with Gasteiger partial charge in [0.1, 0.15) is 4.83 Å². The van der Waals surface area contributed by atoms with E-state index in [1.54, 1.807) is 12.1 Å². The van der Waals surface area contributed by atoms with Gasteiger partial charge >= 0.3 is 5.97 Å². The van der Waals surface area contributed by atoms with Crippen molar-refractivity contribution in [1.29, 1.82) is 0 Å². The van der Waals surface area contributed by atoms with Gasteiger partial charge in [-0.1, -0.05) is 39.7 Å². The number of esters is 1. The molecular formula is C10H10BrClO2. The van der Waals surface area contributed by atoms with Gasteiger partial charge in [0.15, 0.2) is 0 Å². The largest absolute Gasteiger partial charge is 0.468 e. The monoisotopic (exact) mass is 276 g/mol. The first-order valence-electron chi connectivity index (χ1n) is 4.10. The smallest absolute Gasteiger partial charge is 0.319 e. The van der Waals surface area contributed by atoms with Crippen molar-refractivity contribution in [2.45, 2.75) is 11.2 Å². The number of carbonyl (C=O) groups excluding carboxylic acids is 1. The first kappa shape index (κ1) is 11.5. The van der Waals surface area contributed by atoms with Gasteiger partial charge in [0, 0.05) is 5.02 Å². The van der Waals surface area contributed by atoms with E-state index in [1.165, 1.54) is 7.11 Å². The van der Waals surface area contributed by atoms with E-state index in [-0.39, 0.29) is 10.8 Å². The molecule has 1 aromatic rings.